The van der Waals surface area contributed by atoms with Crippen molar-refractivity contribution in [1.82, 2.24) is 5.32 Å². The second-order valence-corrected chi connectivity index (χ2v) is 3.68. The zero-order valence-electron chi connectivity index (χ0n) is 9.55. The summed E-state index contributed by atoms with van der Waals surface area (Å²) in [7, 11) is 0. The molecule has 0 spiro atoms. The molecule has 1 aromatic carbocycles. The highest BCUT2D eigenvalue weighted by atomic mass is 16.5. The van der Waals surface area contributed by atoms with Gasteiger partial charge in [0, 0.05) is 6.54 Å². The number of ether oxygens (including phenoxy) is 1. The lowest BCUT2D eigenvalue weighted by Gasteiger charge is -2.09. The van der Waals surface area contributed by atoms with Gasteiger partial charge in [-0.05, 0) is 5.56 Å². The Kier molecular flexibility index (Phi) is 5.00. The highest BCUT2D eigenvalue weighted by Gasteiger charge is 2.12. The SMILES string of the molecule is C[C@H](CNC(=O)OCc1ccccc1)C(=O)O. The van der Waals surface area contributed by atoms with Crippen molar-refractivity contribution in [3.05, 3.63) is 35.9 Å². The Bertz CT molecular complexity index is 377. The van der Waals surface area contributed by atoms with Crippen molar-refractivity contribution in [3.63, 3.8) is 0 Å². The predicted octanol–water partition coefficient (Wildman–Crippen LogP) is 1.63. The first-order chi connectivity index (χ1) is 8.09. The standard InChI is InChI=1S/C12H15NO4/c1-9(11(14)15)7-13-12(16)17-8-10-5-3-2-4-6-10/h2-6,9H,7-8H2,1H3,(H,13,16)(H,14,15)/t9-/m1/s1. The predicted molar refractivity (Wildman–Crippen MR) is 61.4 cm³/mol. The summed E-state index contributed by atoms with van der Waals surface area (Å²) >= 11 is 0. The Balaban J connectivity index is 2.24. The molecule has 0 aliphatic carbocycles. The summed E-state index contributed by atoms with van der Waals surface area (Å²) in [6, 6.07) is 9.25. The molecular weight excluding hydrogens is 222 g/mol. The van der Waals surface area contributed by atoms with Crippen molar-refractivity contribution >= 4 is 12.1 Å². The normalized spacial score (nSPS) is 11.6. The molecule has 0 aliphatic heterocycles. The summed E-state index contributed by atoms with van der Waals surface area (Å²) in [4.78, 5) is 21.7. The average molecular weight is 237 g/mol. The number of aliphatic carboxylic acids is 1. The first kappa shape index (κ1) is 13.0. The lowest BCUT2D eigenvalue weighted by Crippen LogP contribution is -2.31. The molecule has 0 saturated carbocycles. The van der Waals surface area contributed by atoms with Crippen LogP contribution in [0.3, 0.4) is 0 Å². The summed E-state index contributed by atoms with van der Waals surface area (Å²) in [5.41, 5.74) is 0.883. The molecule has 0 aromatic heterocycles. The van der Waals surface area contributed by atoms with Gasteiger partial charge in [-0.3, -0.25) is 4.79 Å². The van der Waals surface area contributed by atoms with E-state index in [9.17, 15) is 9.59 Å². The Labute approximate surface area is 99.4 Å². The maximum atomic E-state index is 11.2. The number of benzene rings is 1. The molecule has 0 aliphatic rings. The summed E-state index contributed by atoms with van der Waals surface area (Å²) in [5.74, 6) is -1.58. The van der Waals surface area contributed by atoms with Gasteiger partial charge >= 0.3 is 12.1 Å². The summed E-state index contributed by atoms with van der Waals surface area (Å²) < 4.78 is 4.92. The number of carboxylic acid groups (broad SMARTS) is 1. The Morgan fingerprint density at radius 2 is 2.00 bits per heavy atom. The van der Waals surface area contributed by atoms with Crippen LogP contribution >= 0.6 is 0 Å². The third kappa shape index (κ3) is 5.01. The first-order valence-corrected chi connectivity index (χ1v) is 5.27. The fraction of sp³-hybridized carbons (Fsp3) is 0.333. The van der Waals surface area contributed by atoms with Gasteiger partial charge in [0.2, 0.25) is 0 Å². The zero-order valence-corrected chi connectivity index (χ0v) is 9.55. The Morgan fingerprint density at radius 1 is 1.35 bits per heavy atom. The topological polar surface area (TPSA) is 75.6 Å². The highest BCUT2D eigenvalue weighted by Crippen LogP contribution is 2.00. The van der Waals surface area contributed by atoms with Crippen molar-refractivity contribution in [1.29, 1.82) is 0 Å². The van der Waals surface area contributed by atoms with E-state index in [2.05, 4.69) is 5.32 Å². The number of hydrogen-bond acceptors (Lipinski definition) is 3. The summed E-state index contributed by atoms with van der Waals surface area (Å²) in [6.07, 6.45) is -0.609. The molecule has 1 aromatic rings. The molecular formula is C12H15NO4. The minimum absolute atomic E-state index is 0.0585. The number of carbonyl (C=O) groups is 2. The van der Waals surface area contributed by atoms with E-state index < -0.39 is 18.0 Å². The molecule has 0 fully saturated rings. The summed E-state index contributed by atoms with van der Waals surface area (Å²) in [6.45, 7) is 1.75. The van der Waals surface area contributed by atoms with Gasteiger partial charge in [-0.1, -0.05) is 37.3 Å². The smallest absolute Gasteiger partial charge is 0.407 e. The van der Waals surface area contributed by atoms with E-state index in [1.165, 1.54) is 6.92 Å². The van der Waals surface area contributed by atoms with Crippen LogP contribution in [0.2, 0.25) is 0 Å². The van der Waals surface area contributed by atoms with E-state index >= 15 is 0 Å². The van der Waals surface area contributed by atoms with Crippen molar-refractivity contribution < 1.29 is 19.4 Å². The molecule has 0 heterocycles. The highest BCUT2D eigenvalue weighted by molar-refractivity contribution is 5.72. The Hall–Kier alpha value is -2.04. The van der Waals surface area contributed by atoms with E-state index in [1.807, 2.05) is 30.3 Å². The van der Waals surface area contributed by atoms with Gasteiger partial charge in [0.25, 0.3) is 0 Å². The number of rotatable bonds is 5. The Morgan fingerprint density at radius 3 is 2.59 bits per heavy atom. The van der Waals surface area contributed by atoms with Crippen LogP contribution in [0.1, 0.15) is 12.5 Å². The number of nitrogens with one attached hydrogen (secondary N) is 1. The van der Waals surface area contributed by atoms with Crippen LogP contribution in [0.4, 0.5) is 4.79 Å². The molecule has 2 N–H and O–H groups in total. The van der Waals surface area contributed by atoms with E-state index in [4.69, 9.17) is 9.84 Å². The van der Waals surface area contributed by atoms with Crippen molar-refractivity contribution in [2.75, 3.05) is 6.54 Å². The maximum Gasteiger partial charge on any atom is 0.407 e. The van der Waals surface area contributed by atoms with Crippen LogP contribution in [0.25, 0.3) is 0 Å². The van der Waals surface area contributed by atoms with Gasteiger partial charge in [-0.15, -0.1) is 0 Å². The second kappa shape index (κ2) is 6.52. The van der Waals surface area contributed by atoms with Crippen molar-refractivity contribution in [3.8, 4) is 0 Å². The molecule has 1 rings (SSSR count). The number of alkyl carbamates (subject to hydrolysis) is 1. The zero-order chi connectivity index (χ0) is 12.7. The lowest BCUT2D eigenvalue weighted by atomic mass is 10.2. The molecule has 5 heteroatoms. The van der Waals surface area contributed by atoms with Crippen molar-refractivity contribution in [2.24, 2.45) is 5.92 Å². The van der Waals surface area contributed by atoms with Gasteiger partial charge in [-0.25, -0.2) is 4.79 Å². The van der Waals surface area contributed by atoms with Gasteiger partial charge in [0.1, 0.15) is 6.61 Å². The molecule has 17 heavy (non-hydrogen) atoms. The van der Waals surface area contributed by atoms with Crippen molar-refractivity contribution in [2.45, 2.75) is 13.5 Å². The maximum absolute atomic E-state index is 11.2. The second-order valence-electron chi connectivity index (χ2n) is 3.68. The number of carbonyl (C=O) groups excluding carboxylic acids is 1. The third-order valence-electron chi connectivity index (χ3n) is 2.19. The van der Waals surface area contributed by atoms with Gasteiger partial charge < -0.3 is 15.2 Å². The number of hydrogen-bond donors (Lipinski definition) is 2. The minimum Gasteiger partial charge on any atom is -0.481 e. The molecule has 0 radical (unpaired) electrons. The fourth-order valence-electron chi connectivity index (χ4n) is 1.10. The van der Waals surface area contributed by atoms with E-state index in [0.29, 0.717) is 0 Å². The average Bonchev–Trinajstić information content (AvgIpc) is 2.34. The minimum atomic E-state index is -0.951. The largest absolute Gasteiger partial charge is 0.481 e. The quantitative estimate of drug-likeness (QED) is 0.816. The summed E-state index contributed by atoms with van der Waals surface area (Å²) in [5, 5.41) is 11.0. The molecule has 0 unspecified atom stereocenters. The molecule has 92 valence electrons. The van der Waals surface area contributed by atoms with Crippen LogP contribution in [0.5, 0.6) is 0 Å². The molecule has 1 atom stereocenters. The van der Waals surface area contributed by atoms with Crippen LogP contribution in [-0.4, -0.2) is 23.7 Å². The molecule has 0 bridgehead atoms. The van der Waals surface area contributed by atoms with Crippen LogP contribution in [0.15, 0.2) is 30.3 Å². The van der Waals surface area contributed by atoms with Gasteiger partial charge in [0.05, 0.1) is 5.92 Å². The number of carboxylic acids is 1. The van der Waals surface area contributed by atoms with E-state index in [1.54, 1.807) is 0 Å². The van der Waals surface area contributed by atoms with E-state index in [0.717, 1.165) is 5.56 Å². The monoisotopic (exact) mass is 237 g/mol. The van der Waals surface area contributed by atoms with Gasteiger partial charge in [-0.2, -0.15) is 0 Å². The van der Waals surface area contributed by atoms with Crippen LogP contribution in [-0.2, 0) is 16.1 Å². The third-order valence-corrected chi connectivity index (χ3v) is 2.19. The lowest BCUT2D eigenvalue weighted by molar-refractivity contribution is -0.140. The van der Waals surface area contributed by atoms with Crippen LogP contribution < -0.4 is 5.32 Å². The molecule has 0 saturated heterocycles. The number of amides is 1. The van der Waals surface area contributed by atoms with E-state index in [-0.39, 0.29) is 13.2 Å². The van der Waals surface area contributed by atoms with Gasteiger partial charge in [0.15, 0.2) is 0 Å². The molecule has 5 nitrogen and oxygen atoms in total. The first-order valence-electron chi connectivity index (χ1n) is 5.27. The molecule has 1 amide bonds. The van der Waals surface area contributed by atoms with Crippen LogP contribution in [0, 0.1) is 5.92 Å². The fourth-order valence-corrected chi connectivity index (χ4v) is 1.10.